The number of carbonyl (C=O) groups is 2. The van der Waals surface area contributed by atoms with Crippen molar-refractivity contribution in [3.05, 3.63) is 82.4 Å². The van der Waals surface area contributed by atoms with Gasteiger partial charge in [0.05, 0.1) is 24.8 Å². The molecule has 238 valence electrons. The Morgan fingerprint density at radius 2 is 1.50 bits per heavy atom. The fraction of sp³-hybridized carbons (Fsp3) is 0.394. The predicted octanol–water partition coefficient (Wildman–Crippen LogP) is 5.89. The molecular weight excluding hydrogens is 602 g/mol. The van der Waals surface area contributed by atoms with Gasteiger partial charge in [0.15, 0.2) is 11.5 Å². The van der Waals surface area contributed by atoms with E-state index in [1.165, 1.54) is 37.3 Å². The minimum absolute atomic E-state index is 0.0760. The zero-order chi connectivity index (χ0) is 32.6. The first-order valence-corrected chi connectivity index (χ1v) is 16.3. The van der Waals surface area contributed by atoms with Crippen molar-refractivity contribution in [3.63, 3.8) is 0 Å². The molecule has 0 saturated carbocycles. The van der Waals surface area contributed by atoms with E-state index in [0.29, 0.717) is 22.9 Å². The number of anilines is 1. The number of nitrogens with one attached hydrogen (secondary N) is 1. The summed E-state index contributed by atoms with van der Waals surface area (Å²) < 4.78 is 40.3. The maximum Gasteiger partial charge on any atom is 0.264 e. The Morgan fingerprint density at radius 3 is 2.05 bits per heavy atom. The molecule has 9 nitrogen and oxygen atoms in total. The second-order valence-electron chi connectivity index (χ2n) is 10.8. The normalized spacial score (nSPS) is 12.6. The van der Waals surface area contributed by atoms with Gasteiger partial charge in [0.25, 0.3) is 10.0 Å². The third-order valence-electron chi connectivity index (χ3n) is 7.37. The van der Waals surface area contributed by atoms with E-state index in [1.54, 1.807) is 36.4 Å². The molecule has 44 heavy (non-hydrogen) atoms. The Bertz CT molecular complexity index is 1540. The van der Waals surface area contributed by atoms with Crippen LogP contribution in [-0.2, 0) is 26.2 Å². The van der Waals surface area contributed by atoms with Gasteiger partial charge in [0.1, 0.15) is 12.6 Å². The van der Waals surface area contributed by atoms with E-state index in [-0.39, 0.29) is 29.1 Å². The van der Waals surface area contributed by atoms with Crippen LogP contribution in [0.1, 0.15) is 50.3 Å². The highest BCUT2D eigenvalue weighted by Gasteiger charge is 2.34. The summed E-state index contributed by atoms with van der Waals surface area (Å²) >= 11 is 6.10. The summed E-state index contributed by atoms with van der Waals surface area (Å²) in [4.78, 5) is 29.1. The van der Waals surface area contributed by atoms with Gasteiger partial charge in [0.2, 0.25) is 11.8 Å². The highest BCUT2D eigenvalue weighted by atomic mass is 35.5. The van der Waals surface area contributed by atoms with Gasteiger partial charge in [0, 0.05) is 23.7 Å². The zero-order valence-electron chi connectivity index (χ0n) is 26.4. The molecule has 0 aliphatic heterocycles. The van der Waals surface area contributed by atoms with Gasteiger partial charge in [-0.2, -0.15) is 0 Å². The molecule has 2 atom stereocenters. The quantitative estimate of drug-likeness (QED) is 0.235. The van der Waals surface area contributed by atoms with Crippen LogP contribution in [-0.4, -0.2) is 58.0 Å². The van der Waals surface area contributed by atoms with E-state index >= 15 is 0 Å². The van der Waals surface area contributed by atoms with Gasteiger partial charge in [-0.3, -0.25) is 13.9 Å². The van der Waals surface area contributed by atoms with Gasteiger partial charge in [-0.05, 0) is 86.7 Å². The predicted molar refractivity (Wildman–Crippen MR) is 174 cm³/mol. The number of nitrogens with zero attached hydrogens (tertiary/aromatic N) is 2. The van der Waals surface area contributed by atoms with E-state index in [2.05, 4.69) is 5.32 Å². The SMILES string of the molecule is CC[C@H](C(=O)N[C@@H](C)CC)N(Cc1ccc(Cl)cc1)C(=O)CN(c1cc(C)cc(C)c1)S(=O)(=O)c1ccc(OC)c(OC)c1. The lowest BCUT2D eigenvalue weighted by Crippen LogP contribution is -2.53. The summed E-state index contributed by atoms with van der Waals surface area (Å²) in [5.41, 5.74) is 2.74. The van der Waals surface area contributed by atoms with Crippen molar-refractivity contribution in [2.75, 3.05) is 25.1 Å². The Labute approximate surface area is 266 Å². The largest absolute Gasteiger partial charge is 0.493 e. The first-order chi connectivity index (χ1) is 20.8. The Hall–Kier alpha value is -3.76. The summed E-state index contributed by atoms with van der Waals surface area (Å²) in [6.45, 7) is 8.94. The second-order valence-corrected chi connectivity index (χ2v) is 13.1. The van der Waals surface area contributed by atoms with Crippen LogP contribution in [0.4, 0.5) is 5.69 Å². The Balaban J connectivity index is 2.13. The molecule has 3 aromatic carbocycles. The van der Waals surface area contributed by atoms with Gasteiger partial charge >= 0.3 is 0 Å². The van der Waals surface area contributed by atoms with Crippen LogP contribution in [0.25, 0.3) is 0 Å². The number of methoxy groups -OCH3 is 2. The molecule has 0 radical (unpaired) electrons. The standard InChI is InChI=1S/C33H42ClN3O6S/c1-8-24(5)35-33(39)29(9-2)36(20-25-10-12-26(34)13-11-25)32(38)21-37(27-17-22(3)16-23(4)18-27)44(40,41)28-14-15-30(42-6)31(19-28)43-7/h10-19,24,29H,8-9,20-21H2,1-7H3,(H,35,39)/t24-,29+/m0/s1. The molecule has 0 aromatic heterocycles. The van der Waals surface area contributed by atoms with Crippen LogP contribution < -0.4 is 19.1 Å². The van der Waals surface area contributed by atoms with Crippen molar-refractivity contribution < 1.29 is 27.5 Å². The lowest BCUT2D eigenvalue weighted by molar-refractivity contribution is -0.140. The fourth-order valence-corrected chi connectivity index (χ4v) is 6.41. The van der Waals surface area contributed by atoms with Crippen molar-refractivity contribution in [1.82, 2.24) is 10.2 Å². The molecule has 11 heteroatoms. The molecule has 0 heterocycles. The first kappa shape index (κ1) is 34.7. The van der Waals surface area contributed by atoms with E-state index < -0.39 is 28.5 Å². The fourth-order valence-electron chi connectivity index (χ4n) is 4.87. The Kier molecular flexibility index (Phi) is 12.1. The summed E-state index contributed by atoms with van der Waals surface area (Å²) in [7, 11) is -1.41. The van der Waals surface area contributed by atoms with Crippen molar-refractivity contribution in [1.29, 1.82) is 0 Å². The third kappa shape index (κ3) is 8.45. The average molecular weight is 644 g/mol. The highest BCUT2D eigenvalue weighted by Crippen LogP contribution is 2.33. The average Bonchev–Trinajstić information content (AvgIpc) is 2.99. The molecule has 3 rings (SSSR count). The molecule has 0 bridgehead atoms. The third-order valence-corrected chi connectivity index (χ3v) is 9.39. The first-order valence-electron chi connectivity index (χ1n) is 14.5. The topological polar surface area (TPSA) is 105 Å². The molecule has 0 aliphatic rings. The number of halogens is 1. The van der Waals surface area contributed by atoms with E-state index in [0.717, 1.165) is 27.4 Å². The number of rotatable bonds is 14. The van der Waals surface area contributed by atoms with Gasteiger partial charge in [-0.1, -0.05) is 43.6 Å². The second kappa shape index (κ2) is 15.3. The van der Waals surface area contributed by atoms with Gasteiger partial charge in [-0.25, -0.2) is 8.42 Å². The minimum atomic E-state index is -4.30. The van der Waals surface area contributed by atoms with E-state index in [9.17, 15) is 18.0 Å². The molecule has 0 unspecified atom stereocenters. The van der Waals surface area contributed by atoms with Crippen molar-refractivity contribution in [2.24, 2.45) is 0 Å². The zero-order valence-corrected chi connectivity index (χ0v) is 28.0. The number of hydrogen-bond donors (Lipinski definition) is 1. The number of carbonyl (C=O) groups excluding carboxylic acids is 2. The molecule has 2 amide bonds. The maximum atomic E-state index is 14.3. The maximum absolute atomic E-state index is 14.3. The Morgan fingerprint density at radius 1 is 0.886 bits per heavy atom. The lowest BCUT2D eigenvalue weighted by Gasteiger charge is -2.34. The van der Waals surface area contributed by atoms with Crippen molar-refractivity contribution >= 4 is 39.1 Å². The molecule has 1 N–H and O–H groups in total. The summed E-state index contributed by atoms with van der Waals surface area (Å²) in [5.74, 6) is -0.232. The van der Waals surface area contributed by atoms with Gasteiger partial charge in [-0.15, -0.1) is 0 Å². The summed E-state index contributed by atoms with van der Waals surface area (Å²) in [5, 5.41) is 3.52. The van der Waals surface area contributed by atoms with Crippen molar-refractivity contribution in [2.45, 2.75) is 71.0 Å². The summed E-state index contributed by atoms with van der Waals surface area (Å²) in [6.07, 6.45) is 1.05. The number of hydrogen-bond acceptors (Lipinski definition) is 6. The van der Waals surface area contributed by atoms with Crippen LogP contribution in [0.2, 0.25) is 5.02 Å². The molecule has 0 spiro atoms. The monoisotopic (exact) mass is 643 g/mol. The van der Waals surface area contributed by atoms with Crippen LogP contribution in [0.3, 0.4) is 0 Å². The molecule has 0 aliphatic carbocycles. The van der Waals surface area contributed by atoms with Crippen molar-refractivity contribution in [3.8, 4) is 11.5 Å². The number of ether oxygens (including phenoxy) is 2. The molecule has 3 aromatic rings. The number of benzene rings is 3. The number of aryl methyl sites for hydroxylation is 2. The molecular formula is C33H42ClN3O6S. The molecule has 0 saturated heterocycles. The van der Waals surface area contributed by atoms with Crippen LogP contribution in [0.5, 0.6) is 11.5 Å². The van der Waals surface area contributed by atoms with Crippen LogP contribution in [0.15, 0.2) is 65.6 Å². The van der Waals surface area contributed by atoms with E-state index in [4.69, 9.17) is 21.1 Å². The smallest absolute Gasteiger partial charge is 0.264 e. The van der Waals surface area contributed by atoms with Crippen LogP contribution in [0, 0.1) is 13.8 Å². The highest BCUT2D eigenvalue weighted by molar-refractivity contribution is 7.92. The number of amides is 2. The molecule has 0 fully saturated rings. The lowest BCUT2D eigenvalue weighted by atomic mass is 10.1. The summed E-state index contributed by atoms with van der Waals surface area (Å²) in [6, 6.07) is 15.7. The minimum Gasteiger partial charge on any atom is -0.493 e. The van der Waals surface area contributed by atoms with E-state index in [1.807, 2.05) is 40.7 Å². The van der Waals surface area contributed by atoms with Crippen LogP contribution >= 0.6 is 11.6 Å². The van der Waals surface area contributed by atoms with Gasteiger partial charge < -0.3 is 19.7 Å². The number of sulfonamides is 1.